The number of carbonyl (C=O) groups is 1. The normalized spacial score (nSPS) is 15.7. The van der Waals surface area contributed by atoms with Crippen LogP contribution in [0.3, 0.4) is 0 Å². The Bertz CT molecular complexity index is 887. The van der Waals surface area contributed by atoms with E-state index in [1.54, 1.807) is 29.2 Å². The molecule has 0 bridgehead atoms. The van der Waals surface area contributed by atoms with Crippen LogP contribution in [0.25, 0.3) is 0 Å². The molecular weight excluding hydrogens is 350 g/mol. The first kappa shape index (κ1) is 18.4. The number of rotatable bonds is 4. The fourth-order valence-electron chi connectivity index (χ4n) is 2.91. The number of piperazine rings is 1. The van der Waals surface area contributed by atoms with Gasteiger partial charge in [0.15, 0.2) is 0 Å². The zero-order chi connectivity index (χ0) is 18.7. The fourth-order valence-corrected chi connectivity index (χ4v) is 4.01. The van der Waals surface area contributed by atoms with Crippen LogP contribution in [0.1, 0.15) is 15.9 Å². The van der Waals surface area contributed by atoms with E-state index in [1.165, 1.54) is 17.0 Å². The van der Waals surface area contributed by atoms with Crippen molar-refractivity contribution >= 4 is 21.6 Å². The van der Waals surface area contributed by atoms with E-state index < -0.39 is 10.0 Å². The van der Waals surface area contributed by atoms with Gasteiger partial charge in [0, 0.05) is 11.3 Å². The predicted octanol–water partition coefficient (Wildman–Crippen LogP) is 0.766. The molecule has 3 rings (SSSR count). The number of anilines is 1. The van der Waals surface area contributed by atoms with Gasteiger partial charge in [0.2, 0.25) is 0 Å². The molecular formula is C19H24N3O3S+. The van der Waals surface area contributed by atoms with Gasteiger partial charge >= 0.3 is 0 Å². The van der Waals surface area contributed by atoms with Crippen LogP contribution >= 0.6 is 0 Å². The highest BCUT2D eigenvalue weighted by atomic mass is 32.2. The van der Waals surface area contributed by atoms with Gasteiger partial charge in [-0.15, -0.1) is 0 Å². The maximum absolute atomic E-state index is 12.7. The van der Waals surface area contributed by atoms with Crippen LogP contribution in [0.2, 0.25) is 0 Å². The third-order valence-corrected chi connectivity index (χ3v) is 5.98. The number of likely N-dealkylation sites (N-methyl/N-ethyl adjacent to an activating group) is 1. The number of sulfonamides is 1. The monoisotopic (exact) mass is 374 g/mol. The lowest BCUT2D eigenvalue weighted by Gasteiger charge is -2.30. The van der Waals surface area contributed by atoms with Crippen LogP contribution in [0.5, 0.6) is 0 Å². The summed E-state index contributed by atoms with van der Waals surface area (Å²) in [5.41, 5.74) is 1.94. The number of hydrogen-bond acceptors (Lipinski definition) is 3. The molecule has 0 radical (unpaired) electrons. The molecule has 2 N–H and O–H groups in total. The van der Waals surface area contributed by atoms with Crippen LogP contribution < -0.4 is 9.62 Å². The smallest absolute Gasteiger partial charge is 0.261 e. The molecule has 0 spiro atoms. The van der Waals surface area contributed by atoms with E-state index in [2.05, 4.69) is 11.8 Å². The highest BCUT2D eigenvalue weighted by molar-refractivity contribution is 7.92. The Balaban J connectivity index is 1.79. The lowest BCUT2D eigenvalue weighted by molar-refractivity contribution is -0.883. The van der Waals surface area contributed by atoms with Crippen molar-refractivity contribution in [3.63, 3.8) is 0 Å². The molecule has 2 aromatic rings. The zero-order valence-corrected chi connectivity index (χ0v) is 15.8. The lowest BCUT2D eigenvalue weighted by Crippen LogP contribution is -3.12. The molecule has 1 amide bonds. The van der Waals surface area contributed by atoms with E-state index in [4.69, 9.17) is 0 Å². The number of carbonyl (C=O) groups excluding carboxylic acids is 1. The Morgan fingerprint density at radius 3 is 2.38 bits per heavy atom. The highest BCUT2D eigenvalue weighted by Gasteiger charge is 2.24. The molecule has 2 aromatic carbocycles. The topological polar surface area (TPSA) is 70.9 Å². The fraction of sp³-hybridized carbons (Fsp3) is 0.316. The third kappa shape index (κ3) is 4.23. The van der Waals surface area contributed by atoms with Gasteiger partial charge in [0.05, 0.1) is 38.1 Å². The number of quaternary nitrogens is 1. The van der Waals surface area contributed by atoms with Crippen LogP contribution in [0.15, 0.2) is 53.4 Å². The van der Waals surface area contributed by atoms with E-state index in [9.17, 15) is 13.2 Å². The van der Waals surface area contributed by atoms with Gasteiger partial charge < -0.3 is 9.80 Å². The number of aryl methyl sites for hydroxylation is 1. The Labute approximate surface area is 154 Å². The van der Waals surface area contributed by atoms with Crippen molar-refractivity contribution in [2.75, 3.05) is 37.9 Å². The summed E-state index contributed by atoms with van der Waals surface area (Å²) in [4.78, 5) is 15.9. The Hall–Kier alpha value is -2.38. The summed E-state index contributed by atoms with van der Waals surface area (Å²) in [6, 6.07) is 13.3. The Morgan fingerprint density at radius 1 is 1.08 bits per heavy atom. The second-order valence-electron chi connectivity index (χ2n) is 6.75. The molecule has 6 nitrogen and oxygen atoms in total. The van der Waals surface area contributed by atoms with Gasteiger partial charge in [-0.1, -0.05) is 23.8 Å². The second kappa shape index (κ2) is 7.47. The maximum atomic E-state index is 12.7. The second-order valence-corrected chi connectivity index (χ2v) is 8.43. The maximum Gasteiger partial charge on any atom is 0.261 e. The zero-order valence-electron chi connectivity index (χ0n) is 15.0. The van der Waals surface area contributed by atoms with E-state index in [0.29, 0.717) is 24.3 Å². The van der Waals surface area contributed by atoms with Gasteiger partial charge in [-0.05, 0) is 37.3 Å². The van der Waals surface area contributed by atoms with Crippen molar-refractivity contribution in [2.45, 2.75) is 11.8 Å². The van der Waals surface area contributed by atoms with E-state index >= 15 is 0 Å². The molecule has 0 saturated carbocycles. The largest absolute Gasteiger partial charge is 0.334 e. The van der Waals surface area contributed by atoms with Crippen molar-refractivity contribution < 1.29 is 18.1 Å². The summed E-state index contributed by atoms with van der Waals surface area (Å²) in [5.74, 6) is -0.120. The predicted molar refractivity (Wildman–Crippen MR) is 101 cm³/mol. The SMILES string of the molecule is Cc1ccc(NS(=O)(=O)c2cccc(C(=O)N3CC[NH+](C)CC3)c2)cc1. The van der Waals surface area contributed by atoms with Crippen molar-refractivity contribution in [2.24, 2.45) is 0 Å². The minimum atomic E-state index is -3.75. The molecule has 1 saturated heterocycles. The quantitative estimate of drug-likeness (QED) is 0.830. The number of amides is 1. The van der Waals surface area contributed by atoms with Crippen LogP contribution in [0.4, 0.5) is 5.69 Å². The minimum absolute atomic E-state index is 0.0867. The summed E-state index contributed by atoms with van der Waals surface area (Å²) >= 11 is 0. The summed E-state index contributed by atoms with van der Waals surface area (Å²) in [5, 5.41) is 0. The van der Waals surface area contributed by atoms with Crippen molar-refractivity contribution in [3.05, 3.63) is 59.7 Å². The van der Waals surface area contributed by atoms with Crippen LogP contribution in [-0.4, -0.2) is 52.5 Å². The van der Waals surface area contributed by atoms with E-state index in [1.807, 2.05) is 19.1 Å². The van der Waals surface area contributed by atoms with Crippen LogP contribution in [0, 0.1) is 6.92 Å². The molecule has 0 unspecified atom stereocenters. The average Bonchev–Trinajstić information content (AvgIpc) is 2.64. The minimum Gasteiger partial charge on any atom is -0.334 e. The summed E-state index contributed by atoms with van der Waals surface area (Å²) in [6.07, 6.45) is 0. The molecule has 26 heavy (non-hydrogen) atoms. The molecule has 0 atom stereocenters. The molecule has 1 aliphatic heterocycles. The van der Waals surface area contributed by atoms with Gasteiger partial charge in [-0.2, -0.15) is 0 Å². The molecule has 138 valence electrons. The summed E-state index contributed by atoms with van der Waals surface area (Å²) < 4.78 is 27.8. The van der Waals surface area contributed by atoms with Crippen molar-refractivity contribution in [1.29, 1.82) is 0 Å². The molecule has 0 aliphatic carbocycles. The van der Waals surface area contributed by atoms with Crippen LogP contribution in [-0.2, 0) is 10.0 Å². The standard InChI is InChI=1S/C19H23N3O3S/c1-15-6-8-17(9-7-15)20-26(24,25)18-5-3-4-16(14-18)19(23)22-12-10-21(2)11-13-22/h3-9,14,20H,10-13H2,1-2H3/p+1. The number of nitrogens with one attached hydrogen (secondary N) is 2. The average molecular weight is 374 g/mol. The molecule has 1 heterocycles. The molecule has 1 fully saturated rings. The summed E-state index contributed by atoms with van der Waals surface area (Å²) in [6.45, 7) is 5.11. The van der Waals surface area contributed by atoms with Gasteiger partial charge in [0.1, 0.15) is 0 Å². The number of benzene rings is 2. The Morgan fingerprint density at radius 2 is 1.73 bits per heavy atom. The van der Waals surface area contributed by atoms with E-state index in [-0.39, 0.29) is 10.8 Å². The third-order valence-electron chi connectivity index (χ3n) is 4.60. The first-order valence-corrected chi connectivity index (χ1v) is 10.1. The lowest BCUT2D eigenvalue weighted by atomic mass is 10.2. The number of nitrogens with zero attached hydrogens (tertiary/aromatic N) is 1. The van der Waals surface area contributed by atoms with Crippen molar-refractivity contribution in [3.8, 4) is 0 Å². The van der Waals surface area contributed by atoms with Gasteiger partial charge in [-0.25, -0.2) is 8.42 Å². The Kier molecular flexibility index (Phi) is 5.29. The molecule has 1 aliphatic rings. The molecule has 0 aromatic heterocycles. The van der Waals surface area contributed by atoms with Gasteiger partial charge in [0.25, 0.3) is 15.9 Å². The highest BCUT2D eigenvalue weighted by Crippen LogP contribution is 2.18. The van der Waals surface area contributed by atoms with Gasteiger partial charge in [-0.3, -0.25) is 9.52 Å². The first-order valence-electron chi connectivity index (χ1n) is 8.65. The van der Waals surface area contributed by atoms with E-state index in [0.717, 1.165) is 18.7 Å². The molecule has 7 heteroatoms. The first-order chi connectivity index (χ1) is 12.3. The summed E-state index contributed by atoms with van der Waals surface area (Å²) in [7, 11) is -1.64. The van der Waals surface area contributed by atoms with Crippen molar-refractivity contribution in [1.82, 2.24) is 4.90 Å². The number of hydrogen-bond donors (Lipinski definition) is 2.